The van der Waals surface area contributed by atoms with Crippen LogP contribution in [-0.2, 0) is 4.79 Å². The lowest BCUT2D eigenvalue weighted by atomic mass is 10.1. The van der Waals surface area contributed by atoms with Crippen LogP contribution in [0.15, 0.2) is 29.2 Å². The molecule has 0 aromatic heterocycles. The van der Waals surface area contributed by atoms with Crippen molar-refractivity contribution in [3.8, 4) is 0 Å². The van der Waals surface area contributed by atoms with Crippen LogP contribution in [0.4, 0.5) is 0 Å². The zero-order valence-electron chi connectivity index (χ0n) is 11.2. The first kappa shape index (κ1) is 14.1. The van der Waals surface area contributed by atoms with Crippen molar-refractivity contribution < 1.29 is 4.79 Å². The molecule has 0 aliphatic carbocycles. The van der Waals surface area contributed by atoms with Crippen molar-refractivity contribution in [1.82, 2.24) is 5.32 Å². The SMILES string of the molecule is Cc1ccc(S[C@H](C)C(=O)NC(C)(C)C)cc1. The monoisotopic (exact) mass is 251 g/mol. The summed E-state index contributed by atoms with van der Waals surface area (Å²) in [7, 11) is 0. The van der Waals surface area contributed by atoms with Gasteiger partial charge in [-0.05, 0) is 46.8 Å². The lowest BCUT2D eigenvalue weighted by Crippen LogP contribution is -2.44. The molecule has 17 heavy (non-hydrogen) atoms. The minimum absolute atomic E-state index is 0.0723. The van der Waals surface area contributed by atoms with Gasteiger partial charge in [0.05, 0.1) is 5.25 Å². The van der Waals surface area contributed by atoms with Gasteiger partial charge in [-0.2, -0.15) is 0 Å². The van der Waals surface area contributed by atoms with E-state index < -0.39 is 0 Å². The lowest BCUT2D eigenvalue weighted by molar-refractivity contribution is -0.121. The largest absolute Gasteiger partial charge is 0.351 e. The van der Waals surface area contributed by atoms with Crippen LogP contribution < -0.4 is 5.32 Å². The molecule has 0 spiro atoms. The molecule has 0 unspecified atom stereocenters. The van der Waals surface area contributed by atoms with Gasteiger partial charge in [-0.1, -0.05) is 17.7 Å². The van der Waals surface area contributed by atoms with Crippen LogP contribution in [-0.4, -0.2) is 16.7 Å². The third-order valence-corrected chi connectivity index (χ3v) is 3.31. The van der Waals surface area contributed by atoms with E-state index in [-0.39, 0.29) is 16.7 Å². The molecular weight excluding hydrogens is 230 g/mol. The summed E-state index contributed by atoms with van der Waals surface area (Å²) in [5, 5.41) is 2.92. The summed E-state index contributed by atoms with van der Waals surface area (Å²) >= 11 is 1.59. The Morgan fingerprint density at radius 1 is 1.24 bits per heavy atom. The second kappa shape index (κ2) is 5.58. The van der Waals surface area contributed by atoms with Crippen molar-refractivity contribution in [1.29, 1.82) is 0 Å². The van der Waals surface area contributed by atoms with E-state index in [0.717, 1.165) is 4.90 Å². The van der Waals surface area contributed by atoms with E-state index >= 15 is 0 Å². The summed E-state index contributed by atoms with van der Waals surface area (Å²) in [5.41, 5.74) is 1.07. The summed E-state index contributed by atoms with van der Waals surface area (Å²) < 4.78 is 0. The molecule has 1 N–H and O–H groups in total. The zero-order chi connectivity index (χ0) is 13.1. The van der Waals surface area contributed by atoms with Gasteiger partial charge < -0.3 is 5.32 Å². The number of rotatable bonds is 3. The quantitative estimate of drug-likeness (QED) is 0.834. The van der Waals surface area contributed by atoms with Gasteiger partial charge in [0.15, 0.2) is 0 Å². The molecule has 1 amide bonds. The maximum atomic E-state index is 11.9. The summed E-state index contributed by atoms with van der Waals surface area (Å²) in [6.45, 7) is 9.98. The van der Waals surface area contributed by atoms with Gasteiger partial charge in [0.25, 0.3) is 0 Å². The van der Waals surface area contributed by atoms with E-state index in [0.29, 0.717) is 0 Å². The standard InChI is InChI=1S/C14H21NOS/c1-10-6-8-12(9-7-10)17-11(2)13(16)15-14(3,4)5/h6-9,11H,1-5H3,(H,15,16)/t11-/m1/s1. The molecule has 1 atom stereocenters. The fourth-order valence-electron chi connectivity index (χ4n) is 1.35. The average Bonchev–Trinajstić information content (AvgIpc) is 2.19. The minimum Gasteiger partial charge on any atom is -0.351 e. The average molecular weight is 251 g/mol. The Bertz CT molecular complexity index is 378. The van der Waals surface area contributed by atoms with Gasteiger partial charge in [0, 0.05) is 10.4 Å². The molecule has 0 fully saturated rings. The summed E-state index contributed by atoms with van der Waals surface area (Å²) in [4.78, 5) is 13.0. The van der Waals surface area contributed by atoms with Crippen LogP contribution in [0.1, 0.15) is 33.3 Å². The second-order valence-electron chi connectivity index (χ2n) is 5.31. The Kier molecular flexibility index (Phi) is 4.63. The second-order valence-corrected chi connectivity index (χ2v) is 6.73. The third kappa shape index (κ3) is 5.26. The van der Waals surface area contributed by atoms with Crippen molar-refractivity contribution in [2.75, 3.05) is 0 Å². The van der Waals surface area contributed by atoms with E-state index in [9.17, 15) is 4.79 Å². The Hall–Kier alpha value is -0.960. The fraction of sp³-hybridized carbons (Fsp3) is 0.500. The molecule has 0 bridgehead atoms. The van der Waals surface area contributed by atoms with E-state index in [1.807, 2.05) is 27.7 Å². The van der Waals surface area contributed by atoms with Crippen molar-refractivity contribution in [2.45, 2.75) is 50.3 Å². The van der Waals surface area contributed by atoms with Crippen molar-refractivity contribution in [2.24, 2.45) is 0 Å². The number of benzene rings is 1. The molecule has 1 rings (SSSR count). The maximum absolute atomic E-state index is 11.9. The highest BCUT2D eigenvalue weighted by atomic mass is 32.2. The highest BCUT2D eigenvalue weighted by molar-refractivity contribution is 8.00. The minimum atomic E-state index is -0.167. The summed E-state index contributed by atoms with van der Waals surface area (Å²) in [5.74, 6) is 0.0862. The van der Waals surface area contributed by atoms with Gasteiger partial charge in [-0.3, -0.25) is 4.79 Å². The smallest absolute Gasteiger partial charge is 0.233 e. The Morgan fingerprint density at radius 2 is 1.76 bits per heavy atom. The molecule has 0 radical (unpaired) electrons. The Balaban J connectivity index is 2.57. The number of aryl methyl sites for hydroxylation is 1. The van der Waals surface area contributed by atoms with Crippen LogP contribution in [0.3, 0.4) is 0 Å². The number of hydrogen-bond acceptors (Lipinski definition) is 2. The van der Waals surface area contributed by atoms with Gasteiger partial charge in [0.2, 0.25) is 5.91 Å². The van der Waals surface area contributed by atoms with Crippen LogP contribution >= 0.6 is 11.8 Å². The maximum Gasteiger partial charge on any atom is 0.233 e. The number of amides is 1. The highest BCUT2D eigenvalue weighted by Gasteiger charge is 2.19. The van der Waals surface area contributed by atoms with Crippen molar-refractivity contribution in [3.05, 3.63) is 29.8 Å². The molecule has 94 valence electrons. The summed E-state index contributed by atoms with van der Waals surface area (Å²) in [6, 6.07) is 8.25. The molecule has 2 nitrogen and oxygen atoms in total. The molecule has 1 aromatic rings. The van der Waals surface area contributed by atoms with Gasteiger partial charge in [-0.15, -0.1) is 11.8 Å². The normalized spacial score (nSPS) is 13.2. The molecule has 3 heteroatoms. The predicted octanol–water partition coefficient (Wildman–Crippen LogP) is 3.39. The Labute approximate surface area is 108 Å². The predicted molar refractivity (Wildman–Crippen MR) is 74.4 cm³/mol. The first-order valence-electron chi connectivity index (χ1n) is 5.83. The molecule has 0 saturated carbocycles. The van der Waals surface area contributed by atoms with Gasteiger partial charge >= 0.3 is 0 Å². The number of carbonyl (C=O) groups excluding carboxylic acids is 1. The lowest BCUT2D eigenvalue weighted by Gasteiger charge is -2.23. The van der Waals surface area contributed by atoms with Crippen LogP contribution in [0, 0.1) is 6.92 Å². The first-order valence-corrected chi connectivity index (χ1v) is 6.71. The summed E-state index contributed by atoms with van der Waals surface area (Å²) in [6.07, 6.45) is 0. The topological polar surface area (TPSA) is 29.1 Å². The molecular formula is C14H21NOS. The third-order valence-electron chi connectivity index (χ3n) is 2.20. The van der Waals surface area contributed by atoms with E-state index in [4.69, 9.17) is 0 Å². The molecule has 0 aliphatic rings. The van der Waals surface area contributed by atoms with Crippen molar-refractivity contribution >= 4 is 17.7 Å². The van der Waals surface area contributed by atoms with E-state index in [1.54, 1.807) is 11.8 Å². The van der Waals surface area contributed by atoms with Crippen LogP contribution in [0.25, 0.3) is 0 Å². The number of hydrogen-bond donors (Lipinski definition) is 1. The van der Waals surface area contributed by atoms with E-state index in [1.165, 1.54) is 5.56 Å². The van der Waals surface area contributed by atoms with Crippen LogP contribution in [0.2, 0.25) is 0 Å². The molecule has 0 aliphatic heterocycles. The Morgan fingerprint density at radius 3 is 2.24 bits per heavy atom. The fourth-order valence-corrected chi connectivity index (χ4v) is 2.21. The van der Waals surface area contributed by atoms with Gasteiger partial charge in [-0.25, -0.2) is 0 Å². The van der Waals surface area contributed by atoms with Crippen LogP contribution in [0.5, 0.6) is 0 Å². The van der Waals surface area contributed by atoms with Gasteiger partial charge in [0.1, 0.15) is 0 Å². The molecule has 0 saturated heterocycles. The number of carbonyl (C=O) groups is 1. The number of thioether (sulfide) groups is 1. The number of nitrogens with one attached hydrogen (secondary N) is 1. The highest BCUT2D eigenvalue weighted by Crippen LogP contribution is 2.23. The zero-order valence-corrected chi connectivity index (χ0v) is 12.0. The van der Waals surface area contributed by atoms with Crippen molar-refractivity contribution in [3.63, 3.8) is 0 Å². The molecule has 0 heterocycles. The van der Waals surface area contributed by atoms with E-state index in [2.05, 4.69) is 36.5 Å². The molecule has 1 aromatic carbocycles. The first-order chi connectivity index (χ1) is 7.78.